The molecule has 1 heterocycles. The van der Waals surface area contributed by atoms with Crippen molar-refractivity contribution in [2.45, 2.75) is 13.3 Å². The van der Waals surface area contributed by atoms with Gasteiger partial charge in [-0.3, -0.25) is 9.59 Å². The highest BCUT2D eigenvalue weighted by Crippen LogP contribution is 2.32. The summed E-state index contributed by atoms with van der Waals surface area (Å²) < 4.78 is 10.5. The molecule has 0 aromatic heterocycles. The maximum atomic E-state index is 12.9. The van der Waals surface area contributed by atoms with Crippen molar-refractivity contribution >= 4 is 17.4 Å². The molecule has 2 aromatic carbocycles. The molecule has 0 N–H and O–H groups in total. The molecule has 1 aliphatic heterocycles. The van der Waals surface area contributed by atoms with Crippen LogP contribution >= 0.6 is 0 Å². The van der Waals surface area contributed by atoms with E-state index in [0.717, 1.165) is 17.7 Å². The minimum absolute atomic E-state index is 0.0279. The van der Waals surface area contributed by atoms with E-state index in [1.54, 1.807) is 50.3 Å². The van der Waals surface area contributed by atoms with Gasteiger partial charge in [-0.25, -0.2) is 0 Å². The lowest BCUT2D eigenvalue weighted by Crippen LogP contribution is -2.28. The molecule has 0 fully saturated rings. The molecule has 3 rings (SSSR count). The van der Waals surface area contributed by atoms with Crippen molar-refractivity contribution in [3.63, 3.8) is 0 Å². The highest BCUT2D eigenvalue weighted by molar-refractivity contribution is 6.08. The first kappa shape index (κ1) is 16.1. The van der Waals surface area contributed by atoms with Gasteiger partial charge in [-0.2, -0.15) is 0 Å². The molecule has 24 heavy (non-hydrogen) atoms. The van der Waals surface area contributed by atoms with E-state index < -0.39 is 0 Å². The quantitative estimate of drug-likeness (QED) is 0.811. The number of benzene rings is 2. The smallest absolute Gasteiger partial charge is 0.258 e. The van der Waals surface area contributed by atoms with Crippen LogP contribution in [0.5, 0.6) is 11.5 Å². The maximum Gasteiger partial charge on any atom is 0.258 e. The monoisotopic (exact) mass is 325 g/mol. The van der Waals surface area contributed by atoms with E-state index >= 15 is 0 Å². The molecule has 0 bridgehead atoms. The topological polar surface area (TPSA) is 55.8 Å². The standard InChI is InChI=1S/C19H19NO4/c1-12(21)13-4-5-18-14(8-13)6-7-20(18)19(22)15-9-16(23-2)11-17(10-15)24-3/h4-5,8-11H,6-7H2,1-3H3. The largest absolute Gasteiger partial charge is 0.497 e. The van der Waals surface area contributed by atoms with Crippen molar-refractivity contribution in [2.24, 2.45) is 0 Å². The molecule has 0 spiro atoms. The molecule has 124 valence electrons. The van der Waals surface area contributed by atoms with Crippen molar-refractivity contribution < 1.29 is 19.1 Å². The zero-order valence-electron chi connectivity index (χ0n) is 14.0. The Bertz CT molecular complexity index is 791. The predicted molar refractivity (Wildman–Crippen MR) is 91.4 cm³/mol. The zero-order valence-corrected chi connectivity index (χ0v) is 14.0. The molecule has 2 aromatic rings. The van der Waals surface area contributed by atoms with Crippen LogP contribution in [0.2, 0.25) is 0 Å². The highest BCUT2D eigenvalue weighted by Gasteiger charge is 2.26. The number of Topliss-reactive ketones (excluding diaryl/α,β-unsaturated/α-hetero) is 1. The van der Waals surface area contributed by atoms with Crippen LogP contribution in [0.1, 0.15) is 33.2 Å². The van der Waals surface area contributed by atoms with Crippen LogP contribution in [0.4, 0.5) is 5.69 Å². The third-order valence-corrected chi connectivity index (χ3v) is 4.23. The Morgan fingerprint density at radius 1 is 0.958 bits per heavy atom. The number of carbonyl (C=O) groups excluding carboxylic acids is 2. The molecule has 0 atom stereocenters. The number of nitrogens with zero attached hydrogens (tertiary/aromatic N) is 1. The van der Waals surface area contributed by atoms with Gasteiger partial charge in [0.2, 0.25) is 0 Å². The minimum Gasteiger partial charge on any atom is -0.497 e. The molecule has 0 saturated carbocycles. The van der Waals surface area contributed by atoms with E-state index in [9.17, 15) is 9.59 Å². The fraction of sp³-hybridized carbons (Fsp3) is 0.263. The summed E-state index contributed by atoms with van der Waals surface area (Å²) in [5, 5.41) is 0. The fourth-order valence-electron chi connectivity index (χ4n) is 2.92. The predicted octanol–water partition coefficient (Wildman–Crippen LogP) is 3.11. The van der Waals surface area contributed by atoms with Crippen molar-refractivity contribution in [3.05, 3.63) is 53.1 Å². The highest BCUT2D eigenvalue weighted by atomic mass is 16.5. The Balaban J connectivity index is 1.95. The second-order valence-corrected chi connectivity index (χ2v) is 5.71. The van der Waals surface area contributed by atoms with Gasteiger partial charge in [-0.05, 0) is 49.2 Å². The van der Waals surface area contributed by atoms with Crippen molar-refractivity contribution in [1.82, 2.24) is 0 Å². The SMILES string of the molecule is COc1cc(OC)cc(C(=O)N2CCc3cc(C(C)=O)ccc32)c1. The molecular weight excluding hydrogens is 306 g/mol. The van der Waals surface area contributed by atoms with Crippen molar-refractivity contribution in [1.29, 1.82) is 0 Å². The normalized spacial score (nSPS) is 12.7. The number of fused-ring (bicyclic) bond motifs is 1. The van der Waals surface area contributed by atoms with Gasteiger partial charge < -0.3 is 14.4 Å². The lowest BCUT2D eigenvalue weighted by molar-refractivity contribution is 0.0986. The number of carbonyl (C=O) groups is 2. The molecule has 5 nitrogen and oxygen atoms in total. The van der Waals surface area contributed by atoms with Gasteiger partial charge >= 0.3 is 0 Å². The van der Waals surface area contributed by atoms with E-state index in [4.69, 9.17) is 9.47 Å². The summed E-state index contributed by atoms with van der Waals surface area (Å²) in [6.07, 6.45) is 0.739. The van der Waals surface area contributed by atoms with Gasteiger partial charge in [0.25, 0.3) is 5.91 Å². The Labute approximate surface area is 140 Å². The summed E-state index contributed by atoms with van der Waals surface area (Å²) >= 11 is 0. The Hall–Kier alpha value is -2.82. The van der Waals surface area contributed by atoms with Gasteiger partial charge in [-0.15, -0.1) is 0 Å². The van der Waals surface area contributed by atoms with Crippen LogP contribution in [0.3, 0.4) is 0 Å². The third kappa shape index (κ3) is 2.85. The summed E-state index contributed by atoms with van der Waals surface area (Å²) in [5.74, 6) is 1.06. The van der Waals surface area contributed by atoms with Crippen LogP contribution in [0.15, 0.2) is 36.4 Å². The summed E-state index contributed by atoms with van der Waals surface area (Å²) in [6.45, 7) is 2.14. The summed E-state index contributed by atoms with van der Waals surface area (Å²) in [5.41, 5.74) is 3.05. The number of anilines is 1. The summed E-state index contributed by atoms with van der Waals surface area (Å²) in [6, 6.07) is 10.6. The second kappa shape index (κ2) is 6.35. The van der Waals surface area contributed by atoms with Gasteiger partial charge in [-0.1, -0.05) is 0 Å². The fourth-order valence-corrected chi connectivity index (χ4v) is 2.92. The number of ketones is 1. The van der Waals surface area contributed by atoms with E-state index in [1.165, 1.54) is 0 Å². The number of ether oxygens (including phenoxy) is 2. The second-order valence-electron chi connectivity index (χ2n) is 5.71. The molecule has 1 amide bonds. The lowest BCUT2D eigenvalue weighted by atomic mass is 10.1. The van der Waals surface area contributed by atoms with E-state index in [-0.39, 0.29) is 11.7 Å². The Morgan fingerprint density at radius 3 is 2.21 bits per heavy atom. The number of methoxy groups -OCH3 is 2. The molecule has 0 radical (unpaired) electrons. The number of hydrogen-bond donors (Lipinski definition) is 0. The molecule has 0 saturated heterocycles. The van der Waals surface area contributed by atoms with E-state index in [0.29, 0.717) is 29.2 Å². The Kier molecular flexibility index (Phi) is 4.25. The summed E-state index contributed by atoms with van der Waals surface area (Å²) in [7, 11) is 3.11. The summed E-state index contributed by atoms with van der Waals surface area (Å²) in [4.78, 5) is 26.2. The Morgan fingerprint density at radius 2 is 1.62 bits per heavy atom. The molecule has 5 heteroatoms. The molecular formula is C19H19NO4. The van der Waals surface area contributed by atoms with Crippen LogP contribution in [0.25, 0.3) is 0 Å². The van der Waals surface area contributed by atoms with Crippen molar-refractivity contribution in [2.75, 3.05) is 25.7 Å². The first-order valence-corrected chi connectivity index (χ1v) is 7.72. The molecule has 0 aliphatic carbocycles. The zero-order chi connectivity index (χ0) is 17.3. The maximum absolute atomic E-state index is 12.9. The first-order valence-electron chi connectivity index (χ1n) is 7.72. The first-order chi connectivity index (χ1) is 11.5. The van der Waals surface area contributed by atoms with Gasteiger partial charge in [0.1, 0.15) is 11.5 Å². The van der Waals surface area contributed by atoms with Crippen molar-refractivity contribution in [3.8, 4) is 11.5 Å². The van der Waals surface area contributed by atoms with Crippen LogP contribution in [-0.2, 0) is 6.42 Å². The van der Waals surface area contributed by atoms with Gasteiger partial charge in [0.15, 0.2) is 5.78 Å². The number of rotatable bonds is 4. The van der Waals surface area contributed by atoms with Crippen LogP contribution in [-0.4, -0.2) is 32.5 Å². The van der Waals surface area contributed by atoms with E-state index in [1.807, 2.05) is 12.1 Å². The third-order valence-electron chi connectivity index (χ3n) is 4.23. The number of hydrogen-bond acceptors (Lipinski definition) is 4. The van der Waals surface area contributed by atoms with Gasteiger partial charge in [0.05, 0.1) is 14.2 Å². The average molecular weight is 325 g/mol. The average Bonchev–Trinajstić information content (AvgIpc) is 3.03. The lowest BCUT2D eigenvalue weighted by Gasteiger charge is -2.18. The number of amides is 1. The van der Waals surface area contributed by atoms with Gasteiger partial charge in [0, 0.05) is 29.4 Å². The van der Waals surface area contributed by atoms with Crippen LogP contribution in [0, 0.1) is 0 Å². The minimum atomic E-state index is -0.110. The molecule has 1 aliphatic rings. The van der Waals surface area contributed by atoms with E-state index in [2.05, 4.69) is 0 Å². The molecule has 0 unspecified atom stereocenters. The van der Waals surface area contributed by atoms with Crippen LogP contribution < -0.4 is 14.4 Å².